The summed E-state index contributed by atoms with van der Waals surface area (Å²) >= 11 is 1.98. The van der Waals surface area contributed by atoms with Crippen LogP contribution in [0.1, 0.15) is 19.7 Å². The molecule has 0 amide bonds. The van der Waals surface area contributed by atoms with Crippen LogP contribution in [-0.4, -0.2) is 10.1 Å². The molecule has 0 unspecified atom stereocenters. The van der Waals surface area contributed by atoms with E-state index in [1.54, 1.807) is 6.92 Å². The third-order valence-corrected chi connectivity index (χ3v) is 0.941. The highest BCUT2D eigenvalue weighted by atomic mass is 127. The first-order valence-corrected chi connectivity index (χ1v) is 3.83. The predicted molar refractivity (Wildman–Crippen MR) is 43.1 cm³/mol. The molecule has 0 saturated heterocycles. The van der Waals surface area contributed by atoms with Gasteiger partial charge in [-0.15, -0.1) is 0 Å². The minimum atomic E-state index is 0.615. The number of aryl methyl sites for hydroxylation is 1. The molecule has 4 heteroatoms. The van der Waals surface area contributed by atoms with E-state index in [9.17, 15) is 0 Å². The first kappa shape index (κ1) is 8.87. The third kappa shape index (κ3) is 3.45. The van der Waals surface area contributed by atoms with Crippen molar-refractivity contribution in [2.75, 3.05) is 0 Å². The Morgan fingerprint density at radius 1 is 1.44 bits per heavy atom. The highest BCUT2D eigenvalue weighted by Gasteiger charge is 1.91. The van der Waals surface area contributed by atoms with Crippen LogP contribution >= 0.6 is 22.6 Å². The Balaban J connectivity index is 0.000000291. The van der Waals surface area contributed by atoms with Gasteiger partial charge in [0.25, 0.3) is 0 Å². The fourth-order valence-corrected chi connectivity index (χ4v) is 0.713. The van der Waals surface area contributed by atoms with Crippen molar-refractivity contribution in [3.05, 3.63) is 9.72 Å². The van der Waals surface area contributed by atoms with Crippen LogP contribution in [0, 0.1) is 10.8 Å². The van der Waals surface area contributed by atoms with E-state index in [1.807, 2.05) is 36.4 Å². The monoisotopic (exact) mass is 240 g/mol. The van der Waals surface area contributed by atoms with Gasteiger partial charge in [-0.05, 0) is 0 Å². The Morgan fingerprint density at radius 2 is 2.00 bits per heavy atom. The second-order valence-corrected chi connectivity index (χ2v) is 2.05. The molecule has 1 aromatic heterocycles. The van der Waals surface area contributed by atoms with Gasteiger partial charge in [-0.1, -0.05) is 19.0 Å². The van der Waals surface area contributed by atoms with E-state index in [0.29, 0.717) is 9.72 Å². The van der Waals surface area contributed by atoms with Crippen molar-refractivity contribution in [2.45, 2.75) is 20.8 Å². The molecule has 0 spiro atoms. The van der Waals surface area contributed by atoms with Gasteiger partial charge in [0.1, 0.15) is 0 Å². The molecule has 0 atom stereocenters. The van der Waals surface area contributed by atoms with E-state index in [4.69, 9.17) is 0 Å². The summed E-state index contributed by atoms with van der Waals surface area (Å²) in [4.78, 5) is 3.82. The normalized spacial score (nSPS) is 8.00. The van der Waals surface area contributed by atoms with Crippen molar-refractivity contribution in [3.8, 4) is 0 Å². The summed E-state index contributed by atoms with van der Waals surface area (Å²) in [6.07, 6.45) is 0. The molecule has 0 aliphatic carbocycles. The molecular weight excluding hydrogens is 231 g/mol. The van der Waals surface area contributed by atoms with E-state index in [-0.39, 0.29) is 0 Å². The quantitative estimate of drug-likeness (QED) is 0.651. The fraction of sp³-hybridized carbons (Fsp3) is 0.600. The Bertz CT molecular complexity index is 147. The molecule has 9 heavy (non-hydrogen) atoms. The van der Waals surface area contributed by atoms with Crippen molar-refractivity contribution in [2.24, 2.45) is 0 Å². The molecule has 1 rings (SSSR count). The topological polar surface area (TPSA) is 38.9 Å². The van der Waals surface area contributed by atoms with Crippen LogP contribution in [0.25, 0.3) is 0 Å². The van der Waals surface area contributed by atoms with Gasteiger partial charge < -0.3 is 4.52 Å². The first-order chi connectivity index (χ1) is 4.29. The zero-order valence-electron chi connectivity index (χ0n) is 5.68. The minimum Gasteiger partial charge on any atom is -0.339 e. The standard InChI is InChI=1S/C3H3IN2O.C2H6/c1-2-5-3(4)6-7-2;1-2/h1H3;1-2H3. The van der Waals surface area contributed by atoms with Gasteiger partial charge in [0.05, 0.1) is 0 Å². The van der Waals surface area contributed by atoms with Gasteiger partial charge in [-0.25, -0.2) is 0 Å². The highest BCUT2D eigenvalue weighted by molar-refractivity contribution is 14.1. The Morgan fingerprint density at radius 3 is 2.11 bits per heavy atom. The summed E-state index contributed by atoms with van der Waals surface area (Å²) in [6.45, 7) is 5.76. The van der Waals surface area contributed by atoms with E-state index in [2.05, 4.69) is 14.7 Å². The number of aromatic nitrogens is 2. The molecule has 0 aromatic carbocycles. The van der Waals surface area contributed by atoms with Crippen molar-refractivity contribution >= 4 is 22.6 Å². The molecular formula is C5H9IN2O. The number of rotatable bonds is 0. The SMILES string of the molecule is CC.Cc1nc(I)no1. The van der Waals surface area contributed by atoms with Crippen molar-refractivity contribution < 1.29 is 4.52 Å². The molecule has 3 nitrogen and oxygen atoms in total. The van der Waals surface area contributed by atoms with E-state index in [1.165, 1.54) is 0 Å². The number of halogens is 1. The Hall–Kier alpha value is -0.130. The van der Waals surface area contributed by atoms with Crippen LogP contribution in [0.3, 0.4) is 0 Å². The number of nitrogens with zero attached hydrogens (tertiary/aromatic N) is 2. The maximum atomic E-state index is 4.60. The summed E-state index contributed by atoms with van der Waals surface area (Å²) in [6, 6.07) is 0. The lowest BCUT2D eigenvalue weighted by Crippen LogP contribution is -1.68. The zero-order chi connectivity index (χ0) is 7.28. The summed E-state index contributed by atoms with van der Waals surface area (Å²) in [5.41, 5.74) is 0. The molecule has 1 heterocycles. The lowest BCUT2D eigenvalue weighted by atomic mass is 10.8. The van der Waals surface area contributed by atoms with Gasteiger partial charge in [0.15, 0.2) is 0 Å². The van der Waals surface area contributed by atoms with Gasteiger partial charge in [-0.3, -0.25) is 0 Å². The maximum absolute atomic E-state index is 4.60. The molecule has 0 fully saturated rings. The first-order valence-electron chi connectivity index (χ1n) is 2.75. The van der Waals surface area contributed by atoms with Crippen molar-refractivity contribution in [3.63, 3.8) is 0 Å². The van der Waals surface area contributed by atoms with E-state index in [0.717, 1.165) is 0 Å². The van der Waals surface area contributed by atoms with Crippen LogP contribution in [0.5, 0.6) is 0 Å². The molecule has 0 saturated carbocycles. The zero-order valence-corrected chi connectivity index (χ0v) is 7.84. The summed E-state index contributed by atoms with van der Waals surface area (Å²) in [5.74, 6) is 0.615. The third-order valence-electron chi connectivity index (χ3n) is 0.503. The van der Waals surface area contributed by atoms with Gasteiger partial charge in [0, 0.05) is 29.5 Å². The average molecular weight is 240 g/mol. The Labute approximate surface area is 68.0 Å². The van der Waals surface area contributed by atoms with Crippen molar-refractivity contribution in [1.82, 2.24) is 10.1 Å². The minimum absolute atomic E-state index is 0.615. The van der Waals surface area contributed by atoms with Crippen LogP contribution in [0.2, 0.25) is 0 Å². The molecule has 0 radical (unpaired) electrons. The van der Waals surface area contributed by atoms with Gasteiger partial charge >= 0.3 is 0 Å². The van der Waals surface area contributed by atoms with E-state index < -0.39 is 0 Å². The summed E-state index contributed by atoms with van der Waals surface area (Å²) < 4.78 is 5.26. The lowest BCUT2D eigenvalue weighted by Gasteiger charge is -1.63. The Kier molecular flexibility index (Phi) is 4.65. The molecule has 1 aromatic rings. The second kappa shape index (κ2) is 4.72. The van der Waals surface area contributed by atoms with E-state index >= 15 is 0 Å². The molecule has 0 aliphatic rings. The number of hydrogen-bond acceptors (Lipinski definition) is 3. The maximum Gasteiger partial charge on any atom is 0.232 e. The summed E-state index contributed by atoms with van der Waals surface area (Å²) in [7, 11) is 0. The number of hydrogen-bond donors (Lipinski definition) is 0. The average Bonchev–Trinajstić information content (AvgIpc) is 2.20. The second-order valence-electron chi connectivity index (χ2n) is 1.08. The fourth-order valence-electron chi connectivity index (χ4n) is 0.274. The predicted octanol–water partition coefficient (Wildman–Crippen LogP) is 2.01. The van der Waals surface area contributed by atoms with Gasteiger partial charge in [0.2, 0.25) is 9.72 Å². The van der Waals surface area contributed by atoms with Gasteiger partial charge in [-0.2, -0.15) is 4.98 Å². The van der Waals surface area contributed by atoms with Crippen LogP contribution in [0.15, 0.2) is 4.52 Å². The van der Waals surface area contributed by atoms with Crippen LogP contribution in [0.4, 0.5) is 0 Å². The molecule has 0 N–H and O–H groups in total. The van der Waals surface area contributed by atoms with Crippen LogP contribution < -0.4 is 0 Å². The van der Waals surface area contributed by atoms with Crippen molar-refractivity contribution in [1.29, 1.82) is 0 Å². The smallest absolute Gasteiger partial charge is 0.232 e. The molecule has 0 bridgehead atoms. The largest absolute Gasteiger partial charge is 0.339 e. The lowest BCUT2D eigenvalue weighted by molar-refractivity contribution is 0.389. The molecule has 52 valence electrons. The highest BCUT2D eigenvalue weighted by Crippen LogP contribution is 1.96. The van der Waals surface area contributed by atoms with Crippen LogP contribution in [-0.2, 0) is 0 Å². The summed E-state index contributed by atoms with van der Waals surface area (Å²) in [5, 5.41) is 3.52. The molecule has 0 aliphatic heterocycles.